The van der Waals surface area contributed by atoms with Crippen molar-refractivity contribution in [3.63, 3.8) is 0 Å². The molecular formula is C12H20O6P2S. The summed E-state index contributed by atoms with van der Waals surface area (Å²) in [7, 11) is -10.4. The molecule has 120 valence electrons. The molecule has 3 atom stereocenters. The van der Waals surface area contributed by atoms with E-state index in [0.717, 1.165) is 18.4 Å². The van der Waals surface area contributed by atoms with Crippen LogP contribution in [0.2, 0.25) is 0 Å². The van der Waals surface area contributed by atoms with Gasteiger partial charge in [-0.1, -0.05) is 30.3 Å². The minimum absolute atomic E-state index is 0.212. The highest BCUT2D eigenvalue weighted by Gasteiger charge is 2.41. The normalized spacial score (nSPS) is 18.0. The molecule has 0 saturated carbocycles. The molecule has 6 nitrogen and oxygen atoms in total. The molecule has 1 aromatic carbocycles. The Hall–Kier alpha value is -0.130. The molecule has 0 saturated heterocycles. The van der Waals surface area contributed by atoms with Gasteiger partial charge >= 0.3 is 7.60 Å². The fraction of sp³-hybridized carbons (Fsp3) is 0.500. The Labute approximate surface area is 127 Å². The third-order valence-corrected chi connectivity index (χ3v) is 9.05. The van der Waals surface area contributed by atoms with Crippen LogP contribution in [0.25, 0.3) is 0 Å². The van der Waals surface area contributed by atoms with Gasteiger partial charge in [-0.05, 0) is 29.3 Å². The lowest BCUT2D eigenvalue weighted by atomic mass is 10.1. The molecule has 0 radical (unpaired) electrons. The van der Waals surface area contributed by atoms with E-state index >= 15 is 0 Å². The lowest BCUT2D eigenvalue weighted by Gasteiger charge is -2.26. The highest BCUT2D eigenvalue weighted by atomic mass is 32.2. The predicted molar refractivity (Wildman–Crippen MR) is 83.4 cm³/mol. The fourth-order valence-electron chi connectivity index (χ4n) is 1.89. The van der Waals surface area contributed by atoms with Crippen LogP contribution in [0.4, 0.5) is 0 Å². The first kappa shape index (κ1) is 18.9. The highest BCUT2D eigenvalue weighted by molar-refractivity contribution is 7.97. The van der Waals surface area contributed by atoms with Crippen LogP contribution in [-0.2, 0) is 26.4 Å². The molecule has 0 bridgehead atoms. The number of rotatable bonds is 8. The van der Waals surface area contributed by atoms with Crippen molar-refractivity contribution in [2.45, 2.75) is 18.2 Å². The van der Waals surface area contributed by atoms with Gasteiger partial charge in [-0.2, -0.15) is 0 Å². The Morgan fingerprint density at radius 1 is 1.19 bits per heavy atom. The molecule has 0 amide bonds. The summed E-state index contributed by atoms with van der Waals surface area (Å²) in [6, 6.07) is 9.78. The summed E-state index contributed by atoms with van der Waals surface area (Å²) >= 11 is 0. The van der Waals surface area contributed by atoms with Crippen LogP contribution in [0.3, 0.4) is 0 Å². The van der Waals surface area contributed by atoms with Gasteiger partial charge in [-0.15, -0.1) is 0 Å². The Kier molecular flexibility index (Phi) is 7.14. The van der Waals surface area contributed by atoms with Crippen molar-refractivity contribution in [3.05, 3.63) is 35.9 Å². The molecule has 0 aliphatic rings. The maximum Gasteiger partial charge on any atom is 0.341 e. The fourth-order valence-corrected chi connectivity index (χ4v) is 7.78. The molecule has 0 heterocycles. The second kappa shape index (κ2) is 7.93. The van der Waals surface area contributed by atoms with Crippen LogP contribution in [0.1, 0.15) is 12.0 Å². The van der Waals surface area contributed by atoms with E-state index in [-0.39, 0.29) is 5.75 Å². The molecular weight excluding hydrogens is 334 g/mol. The zero-order valence-corrected chi connectivity index (χ0v) is 14.3. The highest BCUT2D eigenvalue weighted by Crippen LogP contribution is 2.57. The average molecular weight is 354 g/mol. The topological polar surface area (TPSA) is 118 Å². The minimum atomic E-state index is -5.05. The molecule has 1 rings (SSSR count). The van der Waals surface area contributed by atoms with Gasteiger partial charge in [0, 0.05) is 0 Å². The smallest absolute Gasteiger partial charge is 0.341 e. The first-order chi connectivity index (χ1) is 9.60. The zero-order valence-electron chi connectivity index (χ0n) is 11.7. The molecule has 0 aliphatic carbocycles. The van der Waals surface area contributed by atoms with Crippen LogP contribution in [-0.4, -0.2) is 37.8 Å². The van der Waals surface area contributed by atoms with E-state index in [1.54, 1.807) is 6.26 Å². The van der Waals surface area contributed by atoms with E-state index in [1.165, 1.54) is 0 Å². The number of aryl methyl sites for hydroxylation is 1. The molecule has 3 N–H and O–H groups in total. The Bertz CT molecular complexity index is 504. The largest absolute Gasteiger partial charge is 0.778 e. The third-order valence-electron chi connectivity index (χ3n) is 3.00. The molecule has 21 heavy (non-hydrogen) atoms. The van der Waals surface area contributed by atoms with Crippen molar-refractivity contribution in [3.8, 4) is 0 Å². The monoisotopic (exact) mass is 354 g/mol. The average Bonchev–Trinajstić information content (AvgIpc) is 2.34. The van der Waals surface area contributed by atoms with E-state index in [4.69, 9.17) is 14.7 Å². The number of hydrogen-bond donors (Lipinski definition) is 3. The third kappa shape index (κ3) is 7.11. The quantitative estimate of drug-likeness (QED) is 0.472. The van der Waals surface area contributed by atoms with Crippen LogP contribution >= 0.6 is 15.2 Å². The van der Waals surface area contributed by atoms with Gasteiger partial charge < -0.3 is 24.1 Å². The van der Waals surface area contributed by atoms with Crippen LogP contribution in [0.5, 0.6) is 0 Å². The molecule has 0 spiro atoms. The summed E-state index contributed by atoms with van der Waals surface area (Å²) in [5.41, 5.74) is 1.16. The lowest BCUT2D eigenvalue weighted by molar-refractivity contribution is -0.194. The van der Waals surface area contributed by atoms with Gasteiger partial charge in [-0.3, -0.25) is 4.57 Å². The summed E-state index contributed by atoms with van der Waals surface area (Å²) in [5.74, 6) is 0.446. The first-order valence-electron chi connectivity index (χ1n) is 6.32. The van der Waals surface area contributed by atoms with Crippen LogP contribution in [0.15, 0.2) is 30.3 Å². The van der Waals surface area contributed by atoms with E-state index in [9.17, 15) is 14.0 Å². The summed E-state index contributed by atoms with van der Waals surface area (Å²) in [6.07, 6.45) is 3.38. The second-order valence-corrected chi connectivity index (χ2v) is 11.1. The maximum absolute atomic E-state index is 11.2. The van der Waals surface area contributed by atoms with Gasteiger partial charge in [0.2, 0.25) is 0 Å². The molecule has 0 aliphatic heterocycles. The SMILES string of the molecule is C[S+](CCCc1ccccc1)CC(P(=O)([O-])O)P(=O)(O)O. The summed E-state index contributed by atoms with van der Waals surface area (Å²) in [5, 5.41) is -1.99. The standard InChI is InChI=1S/C12H20O6P2S/c1-21(9-5-8-11-6-3-2-4-7-11)10-12(19(13,14)15)20(16,17)18/h2-4,6-7,12H,5,8-10H2,1H3,(H3-,13,14,15,16,17,18). The van der Waals surface area contributed by atoms with Crippen molar-refractivity contribution < 1.29 is 28.7 Å². The van der Waals surface area contributed by atoms with Crippen LogP contribution in [0, 0.1) is 0 Å². The summed E-state index contributed by atoms with van der Waals surface area (Å²) in [4.78, 5) is 38.2. The van der Waals surface area contributed by atoms with Crippen molar-refractivity contribution >= 4 is 26.1 Å². The summed E-state index contributed by atoms with van der Waals surface area (Å²) in [6.45, 7) is 0. The van der Waals surface area contributed by atoms with Crippen molar-refractivity contribution in [2.24, 2.45) is 0 Å². The zero-order chi connectivity index (χ0) is 16.1. The first-order valence-corrected chi connectivity index (χ1v) is 11.6. The second-order valence-electron chi connectivity index (χ2n) is 4.88. The predicted octanol–water partition coefficient (Wildman–Crippen LogP) is 0.917. The van der Waals surface area contributed by atoms with Crippen LogP contribution < -0.4 is 4.89 Å². The van der Waals surface area contributed by atoms with Gasteiger partial charge in [0.1, 0.15) is 11.5 Å². The summed E-state index contributed by atoms with van der Waals surface area (Å²) < 4.78 is 22.3. The molecule has 9 heteroatoms. The van der Waals surface area contributed by atoms with Crippen molar-refractivity contribution in [1.29, 1.82) is 0 Å². The molecule has 0 fully saturated rings. The minimum Gasteiger partial charge on any atom is -0.778 e. The number of benzene rings is 1. The van der Waals surface area contributed by atoms with E-state index < -0.39 is 31.5 Å². The van der Waals surface area contributed by atoms with Crippen molar-refractivity contribution in [2.75, 3.05) is 17.8 Å². The van der Waals surface area contributed by atoms with Gasteiger partial charge in [0.05, 0.1) is 6.26 Å². The Morgan fingerprint density at radius 3 is 2.24 bits per heavy atom. The van der Waals surface area contributed by atoms with Gasteiger partial charge in [0.25, 0.3) is 0 Å². The molecule has 1 aromatic rings. The van der Waals surface area contributed by atoms with E-state index in [0.29, 0.717) is 5.75 Å². The van der Waals surface area contributed by atoms with Gasteiger partial charge in [0.15, 0.2) is 13.0 Å². The van der Waals surface area contributed by atoms with Gasteiger partial charge in [-0.25, -0.2) is 0 Å². The lowest BCUT2D eigenvalue weighted by Crippen LogP contribution is -2.27. The maximum atomic E-state index is 11.2. The number of hydrogen-bond acceptors (Lipinski definition) is 3. The molecule has 0 aromatic heterocycles. The van der Waals surface area contributed by atoms with E-state index in [2.05, 4.69) is 0 Å². The van der Waals surface area contributed by atoms with E-state index in [1.807, 2.05) is 30.3 Å². The Morgan fingerprint density at radius 2 is 1.76 bits per heavy atom. The van der Waals surface area contributed by atoms with Crippen molar-refractivity contribution in [1.82, 2.24) is 0 Å². The Balaban J connectivity index is 2.50. The molecule has 3 unspecified atom stereocenters.